The van der Waals surface area contributed by atoms with Crippen LogP contribution in [0.1, 0.15) is 53.9 Å². The van der Waals surface area contributed by atoms with Crippen molar-refractivity contribution in [3.05, 3.63) is 77.0 Å². The van der Waals surface area contributed by atoms with Gasteiger partial charge in [0.05, 0.1) is 0 Å². The molecule has 1 saturated carbocycles. The van der Waals surface area contributed by atoms with Crippen molar-refractivity contribution < 1.29 is 0 Å². The molecule has 0 N–H and O–H groups in total. The van der Waals surface area contributed by atoms with E-state index in [2.05, 4.69) is 70.6 Å². The van der Waals surface area contributed by atoms with Crippen molar-refractivity contribution in [2.45, 2.75) is 50.7 Å². The topological polar surface area (TPSA) is 6.48 Å². The number of rotatable bonds is 4. The molecule has 2 aromatic carbocycles. The first-order valence-corrected chi connectivity index (χ1v) is 10.2. The van der Waals surface area contributed by atoms with Gasteiger partial charge in [-0.1, -0.05) is 48.5 Å². The summed E-state index contributed by atoms with van der Waals surface area (Å²) in [6.45, 7) is 4.56. The van der Waals surface area contributed by atoms with Gasteiger partial charge in [-0.05, 0) is 66.5 Å². The van der Waals surface area contributed by atoms with Gasteiger partial charge < -0.3 is 4.90 Å². The summed E-state index contributed by atoms with van der Waals surface area (Å²) in [4.78, 5) is 5.21. The zero-order chi connectivity index (χ0) is 17.3. The third-order valence-electron chi connectivity index (χ3n) is 6.24. The van der Waals surface area contributed by atoms with Crippen LogP contribution < -0.4 is 0 Å². The molecule has 2 heteroatoms. The van der Waals surface area contributed by atoms with E-state index >= 15 is 0 Å². The van der Waals surface area contributed by atoms with Gasteiger partial charge in [-0.2, -0.15) is 0 Å². The number of nitrogens with zero attached hydrogens (tertiary/aromatic N) is 2. The summed E-state index contributed by atoms with van der Waals surface area (Å²) < 4.78 is 0. The van der Waals surface area contributed by atoms with E-state index in [-0.39, 0.29) is 0 Å². The van der Waals surface area contributed by atoms with E-state index in [1.165, 1.54) is 55.5 Å². The molecule has 2 aliphatic heterocycles. The average molecular weight is 345 g/mol. The van der Waals surface area contributed by atoms with Crippen molar-refractivity contribution >= 4 is 6.08 Å². The number of hydrogen-bond donors (Lipinski definition) is 0. The molecule has 0 amide bonds. The molecule has 2 aromatic rings. The Kier molecular flexibility index (Phi) is 4.30. The minimum Gasteiger partial charge on any atom is -0.369 e. The van der Waals surface area contributed by atoms with Crippen LogP contribution in [-0.4, -0.2) is 28.9 Å². The van der Waals surface area contributed by atoms with Gasteiger partial charge in [-0.3, -0.25) is 4.90 Å². The zero-order valence-corrected chi connectivity index (χ0v) is 15.5. The Balaban J connectivity index is 1.22. The SMILES string of the molecule is C1=CN(C2CCCN(Cc3ccc(C4CC4)cc3)C2)Cc2ccccc21. The molecular formula is C24H28N2. The lowest BCUT2D eigenvalue weighted by atomic mass is 9.99. The van der Waals surface area contributed by atoms with Gasteiger partial charge in [0.2, 0.25) is 0 Å². The summed E-state index contributed by atoms with van der Waals surface area (Å²) in [6, 6.07) is 18.9. The van der Waals surface area contributed by atoms with E-state index in [0.717, 1.165) is 19.0 Å². The van der Waals surface area contributed by atoms with Crippen LogP contribution in [0.5, 0.6) is 0 Å². The van der Waals surface area contributed by atoms with E-state index in [9.17, 15) is 0 Å². The van der Waals surface area contributed by atoms with E-state index in [1.54, 1.807) is 5.56 Å². The Labute approximate surface area is 157 Å². The minimum atomic E-state index is 0.638. The molecule has 1 aliphatic carbocycles. The zero-order valence-electron chi connectivity index (χ0n) is 15.5. The van der Waals surface area contributed by atoms with Gasteiger partial charge in [-0.25, -0.2) is 0 Å². The fraction of sp³-hybridized carbons (Fsp3) is 0.417. The first kappa shape index (κ1) is 16.1. The molecule has 1 unspecified atom stereocenters. The van der Waals surface area contributed by atoms with Crippen LogP contribution >= 0.6 is 0 Å². The highest BCUT2D eigenvalue weighted by Crippen LogP contribution is 2.40. The molecule has 0 aromatic heterocycles. The molecular weight excluding hydrogens is 316 g/mol. The molecule has 134 valence electrons. The number of fused-ring (bicyclic) bond motifs is 1. The van der Waals surface area contributed by atoms with Gasteiger partial charge in [0.25, 0.3) is 0 Å². The molecule has 5 rings (SSSR count). The van der Waals surface area contributed by atoms with Gasteiger partial charge in [0.15, 0.2) is 0 Å². The highest BCUT2D eigenvalue weighted by Gasteiger charge is 2.26. The highest BCUT2D eigenvalue weighted by atomic mass is 15.2. The van der Waals surface area contributed by atoms with Crippen molar-refractivity contribution in [3.63, 3.8) is 0 Å². The molecule has 2 nitrogen and oxygen atoms in total. The molecule has 26 heavy (non-hydrogen) atoms. The van der Waals surface area contributed by atoms with E-state index in [4.69, 9.17) is 0 Å². The third-order valence-corrected chi connectivity index (χ3v) is 6.24. The van der Waals surface area contributed by atoms with E-state index < -0.39 is 0 Å². The fourth-order valence-corrected chi connectivity index (χ4v) is 4.53. The van der Waals surface area contributed by atoms with Crippen LogP contribution in [0.15, 0.2) is 54.7 Å². The Morgan fingerprint density at radius 2 is 1.77 bits per heavy atom. The fourth-order valence-electron chi connectivity index (χ4n) is 4.53. The van der Waals surface area contributed by atoms with E-state index in [1.807, 2.05) is 0 Å². The Morgan fingerprint density at radius 1 is 0.923 bits per heavy atom. The number of piperidine rings is 1. The lowest BCUT2D eigenvalue weighted by molar-refractivity contribution is 0.120. The Morgan fingerprint density at radius 3 is 2.62 bits per heavy atom. The van der Waals surface area contributed by atoms with Gasteiger partial charge in [-0.15, -0.1) is 0 Å². The summed E-state index contributed by atoms with van der Waals surface area (Å²) in [5.74, 6) is 0.859. The molecule has 0 bridgehead atoms. The molecule has 0 radical (unpaired) electrons. The highest BCUT2D eigenvalue weighted by molar-refractivity contribution is 5.55. The van der Waals surface area contributed by atoms with Crippen LogP contribution in [0, 0.1) is 0 Å². The molecule has 1 saturated heterocycles. The van der Waals surface area contributed by atoms with Gasteiger partial charge in [0.1, 0.15) is 0 Å². The maximum Gasteiger partial charge on any atom is 0.0433 e. The second-order valence-electron chi connectivity index (χ2n) is 8.23. The number of hydrogen-bond acceptors (Lipinski definition) is 2. The summed E-state index contributed by atoms with van der Waals surface area (Å²) in [5.41, 5.74) is 5.85. The molecule has 0 spiro atoms. The number of likely N-dealkylation sites (tertiary alicyclic amines) is 1. The van der Waals surface area contributed by atoms with Crippen LogP contribution in [0.3, 0.4) is 0 Å². The minimum absolute atomic E-state index is 0.638. The normalized spacial score (nSPS) is 23.1. The summed E-state index contributed by atoms with van der Waals surface area (Å²) >= 11 is 0. The Hall–Kier alpha value is -2.06. The van der Waals surface area contributed by atoms with Crippen molar-refractivity contribution in [1.29, 1.82) is 0 Å². The second kappa shape index (κ2) is 6.92. The number of benzene rings is 2. The third kappa shape index (κ3) is 3.43. The van der Waals surface area contributed by atoms with Crippen LogP contribution in [0.4, 0.5) is 0 Å². The molecule has 2 fully saturated rings. The summed E-state index contributed by atoms with van der Waals surface area (Å²) in [6.07, 6.45) is 10.00. The summed E-state index contributed by atoms with van der Waals surface area (Å²) in [7, 11) is 0. The lowest BCUT2D eigenvalue weighted by Gasteiger charge is -2.40. The Bertz CT molecular complexity index is 788. The summed E-state index contributed by atoms with van der Waals surface area (Å²) in [5, 5.41) is 0. The second-order valence-corrected chi connectivity index (χ2v) is 8.23. The maximum absolute atomic E-state index is 2.65. The van der Waals surface area contributed by atoms with E-state index in [0.29, 0.717) is 6.04 Å². The average Bonchev–Trinajstić information content (AvgIpc) is 3.54. The van der Waals surface area contributed by atoms with Crippen molar-refractivity contribution in [2.24, 2.45) is 0 Å². The molecule has 3 aliphatic rings. The van der Waals surface area contributed by atoms with Crippen LogP contribution in [0.2, 0.25) is 0 Å². The first-order chi connectivity index (χ1) is 12.8. The first-order valence-electron chi connectivity index (χ1n) is 10.2. The monoisotopic (exact) mass is 344 g/mol. The largest absolute Gasteiger partial charge is 0.369 e. The molecule has 1 atom stereocenters. The maximum atomic E-state index is 2.65. The van der Waals surface area contributed by atoms with Crippen molar-refractivity contribution in [1.82, 2.24) is 9.80 Å². The van der Waals surface area contributed by atoms with Gasteiger partial charge in [0, 0.05) is 31.9 Å². The quantitative estimate of drug-likeness (QED) is 0.769. The standard InChI is InChI=1S/C24H28N2/c1-2-5-23-17-26(15-13-20(23)4-1)24-6-3-14-25(18-24)16-19-7-9-21(10-8-19)22-11-12-22/h1-2,4-5,7-10,13,15,22,24H,3,6,11-12,14,16-18H2. The van der Waals surface area contributed by atoms with Crippen LogP contribution in [-0.2, 0) is 13.1 Å². The van der Waals surface area contributed by atoms with Crippen molar-refractivity contribution in [3.8, 4) is 0 Å². The van der Waals surface area contributed by atoms with Crippen LogP contribution in [0.25, 0.3) is 6.08 Å². The lowest BCUT2D eigenvalue weighted by Crippen LogP contribution is -2.45. The predicted octanol–water partition coefficient (Wildman–Crippen LogP) is 5.01. The smallest absolute Gasteiger partial charge is 0.0433 e. The van der Waals surface area contributed by atoms with Gasteiger partial charge >= 0.3 is 0 Å². The molecule has 2 heterocycles. The predicted molar refractivity (Wildman–Crippen MR) is 108 cm³/mol. The van der Waals surface area contributed by atoms with Crippen molar-refractivity contribution in [2.75, 3.05) is 13.1 Å².